The summed E-state index contributed by atoms with van der Waals surface area (Å²) >= 11 is 0. The van der Waals surface area contributed by atoms with E-state index in [2.05, 4.69) is 34.9 Å². The van der Waals surface area contributed by atoms with Crippen molar-refractivity contribution in [1.29, 1.82) is 0 Å². The van der Waals surface area contributed by atoms with E-state index < -0.39 is 0 Å². The van der Waals surface area contributed by atoms with Gasteiger partial charge in [-0.25, -0.2) is 0 Å². The lowest BCUT2D eigenvalue weighted by atomic mass is 9.99. The van der Waals surface area contributed by atoms with Crippen LogP contribution in [0, 0.1) is 0 Å². The van der Waals surface area contributed by atoms with E-state index in [9.17, 15) is 4.79 Å². The van der Waals surface area contributed by atoms with Crippen LogP contribution in [0.3, 0.4) is 0 Å². The molecule has 0 unspecified atom stereocenters. The highest BCUT2D eigenvalue weighted by Crippen LogP contribution is 2.17. The van der Waals surface area contributed by atoms with Gasteiger partial charge in [-0.15, -0.1) is 0 Å². The Morgan fingerprint density at radius 3 is 1.65 bits per heavy atom. The average molecular weight is 345 g/mol. The van der Waals surface area contributed by atoms with Gasteiger partial charge in [0, 0.05) is 11.1 Å². The number of rotatable bonds is 7. The zero-order chi connectivity index (χ0) is 18.2. The van der Waals surface area contributed by atoms with E-state index in [4.69, 9.17) is 0 Å². The zero-order valence-corrected chi connectivity index (χ0v) is 15.0. The molecular formula is C23H25N2O+. The second-order valence-electron chi connectivity index (χ2n) is 6.44. The summed E-state index contributed by atoms with van der Waals surface area (Å²) in [4.78, 5) is 12.5. The fourth-order valence-electron chi connectivity index (χ4n) is 3.14. The largest absolute Gasteiger partial charge is 0.345 e. The molecule has 0 aromatic heterocycles. The first kappa shape index (κ1) is 17.9. The van der Waals surface area contributed by atoms with Crippen molar-refractivity contribution in [3.8, 4) is 0 Å². The molecule has 3 aromatic carbocycles. The first-order valence-corrected chi connectivity index (χ1v) is 9.01. The average Bonchev–Trinajstić information content (AvgIpc) is 2.70. The Hall–Kier alpha value is -2.91. The molecule has 0 saturated carbocycles. The third-order valence-corrected chi connectivity index (χ3v) is 4.53. The molecule has 0 bridgehead atoms. The van der Waals surface area contributed by atoms with Gasteiger partial charge in [-0.2, -0.15) is 0 Å². The number of nitrogens with one attached hydrogen (secondary N) is 1. The highest BCUT2D eigenvalue weighted by Gasteiger charge is 2.19. The molecule has 1 atom stereocenters. The predicted molar refractivity (Wildman–Crippen MR) is 105 cm³/mol. The molecule has 0 fully saturated rings. The number of nitrogens with two attached hydrogens (primary N) is 1. The normalized spacial score (nSPS) is 11.9. The van der Waals surface area contributed by atoms with Crippen LogP contribution >= 0.6 is 0 Å². The molecule has 3 rings (SSSR count). The van der Waals surface area contributed by atoms with E-state index in [0.29, 0.717) is 6.54 Å². The Morgan fingerprint density at radius 1 is 0.769 bits per heavy atom. The van der Waals surface area contributed by atoms with Crippen molar-refractivity contribution in [2.75, 3.05) is 6.54 Å². The molecule has 0 saturated heterocycles. The van der Waals surface area contributed by atoms with Crippen molar-refractivity contribution in [2.24, 2.45) is 0 Å². The van der Waals surface area contributed by atoms with E-state index in [1.54, 1.807) is 0 Å². The maximum atomic E-state index is 12.5. The summed E-state index contributed by atoms with van der Waals surface area (Å²) in [6.07, 6.45) is 0. The van der Waals surface area contributed by atoms with Crippen molar-refractivity contribution in [3.05, 3.63) is 108 Å². The van der Waals surface area contributed by atoms with Crippen LogP contribution in [-0.4, -0.2) is 12.5 Å². The van der Waals surface area contributed by atoms with Crippen LogP contribution < -0.4 is 10.6 Å². The van der Waals surface area contributed by atoms with Gasteiger partial charge in [-0.05, 0) is 12.5 Å². The molecule has 26 heavy (non-hydrogen) atoms. The monoisotopic (exact) mass is 345 g/mol. The fourth-order valence-corrected chi connectivity index (χ4v) is 3.14. The molecule has 3 heteroatoms. The number of carbonyl (C=O) groups excluding carboxylic acids is 1. The van der Waals surface area contributed by atoms with Gasteiger partial charge in [0.25, 0.3) is 5.91 Å². The lowest BCUT2D eigenvalue weighted by molar-refractivity contribution is -0.676. The number of hydrogen-bond acceptors (Lipinski definition) is 1. The molecule has 0 spiro atoms. The van der Waals surface area contributed by atoms with Gasteiger partial charge in [0.15, 0.2) is 6.54 Å². The number of benzene rings is 3. The standard InChI is InChI=1S/C23H24N2O/c1-18(19-11-5-2-6-12-19)25-22(26)17-24-23(20-13-7-3-8-14-20)21-15-9-4-10-16-21/h2-16,18,23-24H,17H2,1H3,(H,25,26)/p+1/t18-/m1/s1. The minimum Gasteiger partial charge on any atom is -0.345 e. The summed E-state index contributed by atoms with van der Waals surface area (Å²) in [6, 6.07) is 30.8. The first-order valence-electron chi connectivity index (χ1n) is 9.01. The third-order valence-electron chi connectivity index (χ3n) is 4.53. The number of carbonyl (C=O) groups is 1. The van der Waals surface area contributed by atoms with Gasteiger partial charge in [0.2, 0.25) is 0 Å². The number of hydrogen-bond donors (Lipinski definition) is 2. The highest BCUT2D eigenvalue weighted by atomic mass is 16.1. The minimum atomic E-state index is 0.00370. The molecule has 0 heterocycles. The summed E-state index contributed by atoms with van der Waals surface area (Å²) < 4.78 is 0. The lowest BCUT2D eigenvalue weighted by Crippen LogP contribution is -2.87. The van der Waals surface area contributed by atoms with Crippen LogP contribution in [0.2, 0.25) is 0 Å². The van der Waals surface area contributed by atoms with Gasteiger partial charge in [0.05, 0.1) is 6.04 Å². The van der Waals surface area contributed by atoms with Gasteiger partial charge in [0.1, 0.15) is 6.04 Å². The Balaban J connectivity index is 1.65. The fraction of sp³-hybridized carbons (Fsp3) is 0.174. The molecule has 0 aliphatic carbocycles. The lowest BCUT2D eigenvalue weighted by Gasteiger charge is -2.18. The summed E-state index contributed by atoms with van der Waals surface area (Å²) in [7, 11) is 0. The Morgan fingerprint density at radius 2 is 1.19 bits per heavy atom. The molecule has 132 valence electrons. The SMILES string of the molecule is C[C@@H](NC(=O)C[NH2+]C(c1ccccc1)c1ccccc1)c1ccccc1. The summed E-state index contributed by atoms with van der Waals surface area (Å²) in [5.74, 6) is 0.0400. The topological polar surface area (TPSA) is 45.7 Å². The van der Waals surface area contributed by atoms with E-state index >= 15 is 0 Å². The Labute approximate surface area is 155 Å². The van der Waals surface area contributed by atoms with E-state index in [1.807, 2.05) is 73.7 Å². The number of quaternary nitrogens is 1. The molecule has 3 N–H and O–H groups in total. The van der Waals surface area contributed by atoms with Crippen LogP contribution in [0.25, 0.3) is 0 Å². The van der Waals surface area contributed by atoms with Crippen LogP contribution in [0.1, 0.15) is 35.7 Å². The van der Waals surface area contributed by atoms with Crippen LogP contribution in [0.5, 0.6) is 0 Å². The van der Waals surface area contributed by atoms with Crippen LogP contribution in [-0.2, 0) is 4.79 Å². The van der Waals surface area contributed by atoms with Gasteiger partial charge < -0.3 is 10.6 Å². The number of amides is 1. The minimum absolute atomic E-state index is 0.00370. The van der Waals surface area contributed by atoms with E-state index in [0.717, 1.165) is 5.56 Å². The van der Waals surface area contributed by atoms with Crippen LogP contribution in [0.4, 0.5) is 0 Å². The smallest absolute Gasteiger partial charge is 0.275 e. The van der Waals surface area contributed by atoms with Gasteiger partial charge in [-0.1, -0.05) is 91.0 Å². The maximum absolute atomic E-state index is 12.5. The maximum Gasteiger partial charge on any atom is 0.275 e. The Kier molecular flexibility index (Phi) is 6.18. The molecule has 0 aliphatic rings. The van der Waals surface area contributed by atoms with Gasteiger partial charge >= 0.3 is 0 Å². The molecular weight excluding hydrogens is 320 g/mol. The molecule has 0 aliphatic heterocycles. The van der Waals surface area contributed by atoms with Crippen molar-refractivity contribution in [3.63, 3.8) is 0 Å². The van der Waals surface area contributed by atoms with Crippen molar-refractivity contribution < 1.29 is 10.1 Å². The first-order chi connectivity index (χ1) is 12.7. The molecule has 3 nitrogen and oxygen atoms in total. The van der Waals surface area contributed by atoms with E-state index in [-0.39, 0.29) is 18.0 Å². The zero-order valence-electron chi connectivity index (χ0n) is 15.0. The van der Waals surface area contributed by atoms with E-state index in [1.165, 1.54) is 11.1 Å². The second kappa shape index (κ2) is 8.97. The summed E-state index contributed by atoms with van der Waals surface area (Å²) in [5, 5.41) is 5.18. The summed E-state index contributed by atoms with van der Waals surface area (Å²) in [5.41, 5.74) is 3.51. The second-order valence-corrected chi connectivity index (χ2v) is 6.44. The highest BCUT2D eigenvalue weighted by molar-refractivity contribution is 5.77. The third kappa shape index (κ3) is 4.80. The Bertz CT molecular complexity index is 764. The van der Waals surface area contributed by atoms with Crippen LogP contribution in [0.15, 0.2) is 91.0 Å². The van der Waals surface area contributed by atoms with Crippen molar-refractivity contribution in [2.45, 2.75) is 19.0 Å². The van der Waals surface area contributed by atoms with Gasteiger partial charge in [-0.3, -0.25) is 4.79 Å². The van der Waals surface area contributed by atoms with Crippen molar-refractivity contribution in [1.82, 2.24) is 5.32 Å². The molecule has 1 amide bonds. The molecule has 0 radical (unpaired) electrons. The summed E-state index contributed by atoms with van der Waals surface area (Å²) in [6.45, 7) is 2.39. The molecule has 3 aromatic rings. The predicted octanol–water partition coefficient (Wildman–Crippen LogP) is 3.22. The quantitative estimate of drug-likeness (QED) is 0.679. The van der Waals surface area contributed by atoms with Crippen molar-refractivity contribution >= 4 is 5.91 Å².